The van der Waals surface area contributed by atoms with Crippen molar-refractivity contribution in [3.8, 4) is 11.5 Å². The quantitative estimate of drug-likeness (QED) is 0.628. The summed E-state index contributed by atoms with van der Waals surface area (Å²) in [5.74, 6) is 4.30. The average Bonchev–Trinajstić information content (AvgIpc) is 3.09. The second kappa shape index (κ2) is 6.37. The molecule has 0 radical (unpaired) electrons. The normalized spacial score (nSPS) is 28.7. The first-order valence-corrected chi connectivity index (χ1v) is 8.90. The molecule has 0 N–H and O–H groups in total. The number of methoxy groups -OCH3 is 2. The number of alkyl halides is 1. The Morgan fingerprint density at radius 3 is 2.52 bits per heavy atom. The first kappa shape index (κ1) is 15.5. The van der Waals surface area contributed by atoms with Crippen molar-refractivity contribution in [2.45, 2.75) is 37.5 Å². The maximum Gasteiger partial charge on any atom is 0.133 e. The number of fused-ring (bicyclic) bond motifs is 2. The van der Waals surface area contributed by atoms with Crippen LogP contribution in [0.3, 0.4) is 0 Å². The summed E-state index contributed by atoms with van der Waals surface area (Å²) < 4.78 is 11.8. The molecule has 21 heavy (non-hydrogen) atoms. The van der Waals surface area contributed by atoms with Gasteiger partial charge in [0.15, 0.2) is 0 Å². The molecule has 2 saturated carbocycles. The fourth-order valence-electron chi connectivity index (χ4n) is 4.19. The van der Waals surface area contributed by atoms with Gasteiger partial charge in [0.05, 0.1) is 24.1 Å². The largest absolute Gasteiger partial charge is 0.496 e. The molecule has 0 amide bonds. The molecular weight excluding hydrogens is 352 g/mol. The van der Waals surface area contributed by atoms with E-state index in [1.807, 2.05) is 12.1 Å². The van der Waals surface area contributed by atoms with Crippen LogP contribution in [0, 0.1) is 17.8 Å². The summed E-state index contributed by atoms with van der Waals surface area (Å²) in [6.45, 7) is 0. The zero-order valence-electron chi connectivity index (χ0n) is 12.6. The van der Waals surface area contributed by atoms with Crippen LogP contribution in [0.15, 0.2) is 16.6 Å². The van der Waals surface area contributed by atoms with E-state index in [9.17, 15) is 0 Å². The van der Waals surface area contributed by atoms with Crippen molar-refractivity contribution in [1.29, 1.82) is 0 Å². The SMILES string of the molecule is COc1cc(C(Cl)CC2CC3CCC2C3)c(OC)cc1Br. The number of ether oxygens (including phenoxy) is 2. The molecule has 0 spiro atoms. The molecular formula is C17H22BrClO2. The monoisotopic (exact) mass is 372 g/mol. The highest BCUT2D eigenvalue weighted by atomic mass is 79.9. The molecule has 2 nitrogen and oxygen atoms in total. The summed E-state index contributed by atoms with van der Waals surface area (Å²) in [6, 6.07) is 3.96. The van der Waals surface area contributed by atoms with Crippen molar-refractivity contribution < 1.29 is 9.47 Å². The first-order valence-electron chi connectivity index (χ1n) is 7.67. The molecule has 4 unspecified atom stereocenters. The molecule has 4 heteroatoms. The van der Waals surface area contributed by atoms with E-state index in [0.29, 0.717) is 0 Å². The molecule has 0 heterocycles. The van der Waals surface area contributed by atoms with Gasteiger partial charge >= 0.3 is 0 Å². The zero-order chi connectivity index (χ0) is 15.0. The van der Waals surface area contributed by atoms with E-state index in [2.05, 4.69) is 15.9 Å². The smallest absolute Gasteiger partial charge is 0.133 e. The summed E-state index contributed by atoms with van der Waals surface area (Å²) in [7, 11) is 3.37. The molecule has 2 aliphatic rings. The lowest BCUT2D eigenvalue weighted by Crippen LogP contribution is -2.13. The van der Waals surface area contributed by atoms with Gasteiger partial charge in [0.25, 0.3) is 0 Å². The second-order valence-corrected chi connectivity index (χ2v) is 7.75. The fraction of sp³-hybridized carbons (Fsp3) is 0.647. The topological polar surface area (TPSA) is 18.5 Å². The summed E-state index contributed by atoms with van der Waals surface area (Å²) in [5, 5.41) is -0.00806. The van der Waals surface area contributed by atoms with Crippen LogP contribution in [-0.2, 0) is 0 Å². The van der Waals surface area contributed by atoms with Gasteiger partial charge in [-0.2, -0.15) is 0 Å². The van der Waals surface area contributed by atoms with Crippen molar-refractivity contribution in [1.82, 2.24) is 0 Å². The van der Waals surface area contributed by atoms with Gasteiger partial charge in [0.2, 0.25) is 0 Å². The third kappa shape index (κ3) is 3.05. The van der Waals surface area contributed by atoms with Crippen LogP contribution >= 0.6 is 27.5 Å². The minimum Gasteiger partial charge on any atom is -0.496 e. The van der Waals surface area contributed by atoms with Crippen molar-refractivity contribution >= 4 is 27.5 Å². The van der Waals surface area contributed by atoms with Gasteiger partial charge in [-0.25, -0.2) is 0 Å². The van der Waals surface area contributed by atoms with E-state index in [4.69, 9.17) is 21.1 Å². The van der Waals surface area contributed by atoms with Gasteiger partial charge in [-0.15, -0.1) is 11.6 Å². The maximum absolute atomic E-state index is 6.74. The molecule has 2 bridgehead atoms. The van der Waals surface area contributed by atoms with E-state index >= 15 is 0 Å². The summed E-state index contributed by atoms with van der Waals surface area (Å²) in [5.41, 5.74) is 1.04. The predicted octanol–water partition coefficient (Wildman–Crippen LogP) is 5.57. The van der Waals surface area contributed by atoms with Gasteiger partial charge in [-0.1, -0.05) is 6.42 Å². The molecule has 0 aromatic heterocycles. The van der Waals surface area contributed by atoms with Crippen LogP contribution in [0.2, 0.25) is 0 Å². The predicted molar refractivity (Wildman–Crippen MR) is 89.4 cm³/mol. The van der Waals surface area contributed by atoms with Crippen LogP contribution in [0.4, 0.5) is 0 Å². The third-order valence-electron chi connectivity index (χ3n) is 5.24. The molecule has 2 aliphatic carbocycles. The third-order valence-corrected chi connectivity index (χ3v) is 6.27. The molecule has 2 fully saturated rings. The van der Waals surface area contributed by atoms with Gasteiger partial charge in [0, 0.05) is 5.56 Å². The van der Waals surface area contributed by atoms with Crippen molar-refractivity contribution in [3.63, 3.8) is 0 Å². The standard InChI is InChI=1S/C17H22BrClO2/c1-20-16-9-14(18)17(21-2)8-13(16)15(19)7-12-6-10-3-4-11(12)5-10/h8-12,15H,3-7H2,1-2H3. The first-order chi connectivity index (χ1) is 10.1. The van der Waals surface area contributed by atoms with E-state index in [1.165, 1.54) is 25.7 Å². The van der Waals surface area contributed by atoms with E-state index in [1.54, 1.807) is 14.2 Å². The van der Waals surface area contributed by atoms with Gasteiger partial charge in [-0.3, -0.25) is 0 Å². The van der Waals surface area contributed by atoms with Crippen LogP contribution in [0.25, 0.3) is 0 Å². The van der Waals surface area contributed by atoms with Crippen LogP contribution in [0.1, 0.15) is 43.0 Å². The fourth-order valence-corrected chi connectivity index (χ4v) is 5.07. The van der Waals surface area contributed by atoms with E-state index in [-0.39, 0.29) is 5.38 Å². The van der Waals surface area contributed by atoms with Crippen LogP contribution in [-0.4, -0.2) is 14.2 Å². The molecule has 1 aromatic rings. The Morgan fingerprint density at radius 1 is 1.19 bits per heavy atom. The van der Waals surface area contributed by atoms with Gasteiger partial charge < -0.3 is 9.47 Å². The number of hydrogen-bond acceptors (Lipinski definition) is 2. The van der Waals surface area contributed by atoms with E-state index < -0.39 is 0 Å². The highest BCUT2D eigenvalue weighted by molar-refractivity contribution is 9.10. The summed E-state index contributed by atoms with van der Waals surface area (Å²) in [6.07, 6.45) is 6.67. The molecule has 3 rings (SSSR count). The Hall–Kier alpha value is -0.410. The molecule has 0 aliphatic heterocycles. The molecule has 116 valence electrons. The second-order valence-electron chi connectivity index (χ2n) is 6.37. The number of halogens is 2. The molecule has 1 aromatic carbocycles. The zero-order valence-corrected chi connectivity index (χ0v) is 14.9. The van der Waals surface area contributed by atoms with Crippen LogP contribution < -0.4 is 9.47 Å². The Labute approximate surface area is 140 Å². The van der Waals surface area contributed by atoms with Crippen molar-refractivity contribution in [2.75, 3.05) is 14.2 Å². The minimum absolute atomic E-state index is 0.00806. The maximum atomic E-state index is 6.74. The lowest BCUT2D eigenvalue weighted by atomic mass is 9.84. The number of hydrogen-bond donors (Lipinski definition) is 0. The van der Waals surface area contributed by atoms with Gasteiger partial charge in [-0.05, 0) is 71.5 Å². The lowest BCUT2D eigenvalue weighted by molar-refractivity contribution is 0.309. The molecule has 0 saturated heterocycles. The van der Waals surface area contributed by atoms with Crippen LogP contribution in [0.5, 0.6) is 11.5 Å². The average molecular weight is 374 g/mol. The summed E-state index contributed by atoms with van der Waals surface area (Å²) >= 11 is 10.2. The highest BCUT2D eigenvalue weighted by Gasteiger charge is 2.40. The Bertz CT molecular complexity index is 520. The number of rotatable bonds is 5. The summed E-state index contributed by atoms with van der Waals surface area (Å²) in [4.78, 5) is 0. The van der Waals surface area contributed by atoms with Gasteiger partial charge in [0.1, 0.15) is 11.5 Å². The Morgan fingerprint density at radius 2 is 1.95 bits per heavy atom. The Kier molecular flexibility index (Phi) is 4.70. The minimum atomic E-state index is -0.00806. The van der Waals surface area contributed by atoms with E-state index in [0.717, 1.165) is 45.7 Å². The lowest BCUT2D eigenvalue weighted by Gasteiger charge is -2.25. The van der Waals surface area contributed by atoms with Crippen molar-refractivity contribution in [2.24, 2.45) is 17.8 Å². The highest BCUT2D eigenvalue weighted by Crippen LogP contribution is 2.52. The Balaban J connectivity index is 1.78. The number of benzene rings is 1. The van der Waals surface area contributed by atoms with Crippen molar-refractivity contribution in [3.05, 3.63) is 22.2 Å². The molecule has 4 atom stereocenters.